The molecular weight excluding hydrogens is 818 g/mol. The summed E-state index contributed by atoms with van der Waals surface area (Å²) in [5, 5.41) is 4.58. The van der Waals surface area contributed by atoms with Crippen LogP contribution >= 0.6 is 0 Å². The number of aromatic nitrogens is 5. The number of benzene rings is 6. The fourth-order valence-corrected chi connectivity index (χ4v) is 7.63. The average molecular weight is 851 g/mol. The Bertz CT molecular complexity index is 2900. The molecule has 0 radical (unpaired) electrons. The van der Waals surface area contributed by atoms with Crippen LogP contribution < -0.4 is 4.98 Å². The van der Waals surface area contributed by atoms with Crippen molar-refractivity contribution in [3.63, 3.8) is 0 Å². The molecule has 6 aromatic carbocycles. The van der Waals surface area contributed by atoms with E-state index >= 15 is 0 Å². The molecule has 252 valence electrons. The average Bonchev–Trinajstić information content (AvgIpc) is 3.84. The van der Waals surface area contributed by atoms with E-state index in [1.54, 1.807) is 0 Å². The molecule has 0 aliphatic heterocycles. The van der Waals surface area contributed by atoms with Crippen LogP contribution in [-0.2, 0) is 26.5 Å². The molecule has 5 nitrogen and oxygen atoms in total. The summed E-state index contributed by atoms with van der Waals surface area (Å²) in [6.45, 7) is 6.75. The minimum Gasteiger partial charge on any atom is -0.656 e. The van der Waals surface area contributed by atoms with Crippen LogP contribution in [0.3, 0.4) is 0 Å². The van der Waals surface area contributed by atoms with Gasteiger partial charge < -0.3 is 9.55 Å². The number of fused-ring (bicyclic) bond motifs is 7. The van der Waals surface area contributed by atoms with Crippen molar-refractivity contribution in [2.24, 2.45) is 0 Å². The summed E-state index contributed by atoms with van der Waals surface area (Å²) in [6, 6.07) is 52.9. The summed E-state index contributed by atoms with van der Waals surface area (Å²) < 4.78 is 4.50. The van der Waals surface area contributed by atoms with Gasteiger partial charge in [0.05, 0.1) is 16.6 Å². The van der Waals surface area contributed by atoms with E-state index in [1.807, 2.05) is 18.3 Å². The predicted octanol–water partition coefficient (Wildman–Crippen LogP) is 11.2. The molecule has 0 atom stereocenters. The van der Waals surface area contributed by atoms with Crippen LogP contribution in [0.25, 0.3) is 88.7 Å². The number of nitrogens with zero attached hydrogens (tertiary/aromatic N) is 5. The Morgan fingerprint density at radius 3 is 2.13 bits per heavy atom. The fourth-order valence-electron chi connectivity index (χ4n) is 7.63. The number of imidazole rings is 1. The van der Waals surface area contributed by atoms with Gasteiger partial charge in [-0.05, 0) is 63.8 Å². The van der Waals surface area contributed by atoms with Crippen LogP contribution in [0.15, 0.2) is 146 Å². The van der Waals surface area contributed by atoms with E-state index in [1.165, 1.54) is 10.9 Å². The first kappa shape index (κ1) is 32.2. The largest absolute Gasteiger partial charge is 2.00 e. The summed E-state index contributed by atoms with van der Waals surface area (Å²) in [6.07, 6.45) is 1.86. The van der Waals surface area contributed by atoms with E-state index in [9.17, 15) is 0 Å². The second-order valence-electron chi connectivity index (χ2n) is 14.2. The third-order valence-electron chi connectivity index (χ3n) is 10.1. The normalized spacial score (nSPS) is 12.0. The monoisotopic (exact) mass is 850 g/mol. The number of pyridine rings is 1. The molecule has 0 spiro atoms. The molecule has 52 heavy (non-hydrogen) atoms. The fraction of sp³-hybridized carbons (Fsp3) is 0.0870. The molecule has 0 N–H and O–H groups in total. The Hall–Kier alpha value is -5.77. The van der Waals surface area contributed by atoms with Crippen molar-refractivity contribution in [1.29, 1.82) is 0 Å². The third-order valence-corrected chi connectivity index (χ3v) is 10.1. The predicted molar refractivity (Wildman–Crippen MR) is 210 cm³/mol. The van der Waals surface area contributed by atoms with E-state index in [4.69, 9.17) is 15.0 Å². The van der Waals surface area contributed by atoms with E-state index in [0.29, 0.717) is 0 Å². The molecule has 0 bridgehead atoms. The minimum atomic E-state index is 0. The van der Waals surface area contributed by atoms with Gasteiger partial charge in [0, 0.05) is 28.2 Å². The van der Waals surface area contributed by atoms with Gasteiger partial charge in [0.15, 0.2) is 0 Å². The Morgan fingerprint density at radius 1 is 0.596 bits per heavy atom. The summed E-state index contributed by atoms with van der Waals surface area (Å²) in [5.74, 6) is 0.858. The molecule has 0 amide bonds. The van der Waals surface area contributed by atoms with Crippen LogP contribution in [0.1, 0.15) is 26.3 Å². The van der Waals surface area contributed by atoms with Gasteiger partial charge in [-0.3, -0.25) is 4.57 Å². The molecule has 0 unspecified atom stereocenters. The molecule has 10 rings (SSSR count). The number of rotatable bonds is 4. The summed E-state index contributed by atoms with van der Waals surface area (Å²) in [7, 11) is 0. The minimum absolute atomic E-state index is 0. The van der Waals surface area contributed by atoms with Gasteiger partial charge in [-0.1, -0.05) is 111 Å². The molecule has 4 heterocycles. The SMILES string of the molecule is CC(C)(C)c1ccc(-n2c(-c3cccc4c3[n-]c3ccccc34)nc3c(-c4[c-]c(-n5c6ccccc6c6cccnc65)ccc4)cccc32)cc1.[Pt+2]. The number of hydrogen-bond donors (Lipinski definition) is 0. The Morgan fingerprint density at radius 2 is 1.29 bits per heavy atom. The summed E-state index contributed by atoms with van der Waals surface area (Å²) >= 11 is 0. The van der Waals surface area contributed by atoms with Gasteiger partial charge in [-0.25, -0.2) is 9.97 Å². The Labute approximate surface area is 315 Å². The molecule has 10 aromatic rings. The van der Waals surface area contributed by atoms with Gasteiger partial charge in [-0.15, -0.1) is 40.9 Å². The second-order valence-corrected chi connectivity index (χ2v) is 14.2. The number of hydrogen-bond acceptors (Lipinski definition) is 2. The van der Waals surface area contributed by atoms with Gasteiger partial charge in [0.25, 0.3) is 0 Å². The maximum Gasteiger partial charge on any atom is 2.00 e. The van der Waals surface area contributed by atoms with Crippen molar-refractivity contribution in [2.45, 2.75) is 26.2 Å². The maximum absolute atomic E-state index is 5.50. The molecule has 6 heteroatoms. The zero-order valence-electron chi connectivity index (χ0n) is 28.9. The van der Waals surface area contributed by atoms with Gasteiger partial charge >= 0.3 is 21.1 Å². The number of para-hydroxylation sites is 4. The summed E-state index contributed by atoms with van der Waals surface area (Å²) in [4.78, 5) is 15.5. The second kappa shape index (κ2) is 12.2. The quantitative estimate of drug-likeness (QED) is 0.166. The summed E-state index contributed by atoms with van der Waals surface area (Å²) in [5.41, 5.74) is 12.2. The smallest absolute Gasteiger partial charge is 0.656 e. The van der Waals surface area contributed by atoms with E-state index in [0.717, 1.165) is 83.3 Å². The molecule has 4 aromatic heterocycles. The molecule has 0 aliphatic rings. The van der Waals surface area contributed by atoms with E-state index in [2.05, 4.69) is 163 Å². The molecule has 0 aliphatic carbocycles. The Balaban J connectivity index is 0.00000360. The van der Waals surface area contributed by atoms with Crippen molar-refractivity contribution < 1.29 is 21.1 Å². The van der Waals surface area contributed by atoms with Crippen LogP contribution in [-0.4, -0.2) is 19.1 Å². The zero-order valence-corrected chi connectivity index (χ0v) is 31.2. The first-order valence-electron chi connectivity index (χ1n) is 17.4. The van der Waals surface area contributed by atoms with Gasteiger partial charge in [0.1, 0.15) is 11.5 Å². The first-order chi connectivity index (χ1) is 24.9. The molecule has 0 fully saturated rings. The van der Waals surface area contributed by atoms with Crippen LogP contribution in [0, 0.1) is 6.07 Å². The first-order valence-corrected chi connectivity index (χ1v) is 17.4. The third kappa shape index (κ3) is 4.95. The van der Waals surface area contributed by atoms with Crippen molar-refractivity contribution in [3.05, 3.63) is 157 Å². The van der Waals surface area contributed by atoms with Crippen molar-refractivity contribution >= 4 is 54.8 Å². The van der Waals surface area contributed by atoms with E-state index < -0.39 is 0 Å². The standard InChI is InChI=1S/C46H33N5.Pt/c1-46(2,3)30-23-25-31(26-24-30)50-41-22-10-16-33(43(41)49-45(50)38-18-9-17-36-34-14-4-6-20-39(34)48-42(36)38)29-12-8-13-32(28-29)51-40-21-7-5-15-35(40)37-19-11-27-47-44(37)51;/h4-27H,1-3H3;/q-2;+2. The topological polar surface area (TPSA) is 49.7 Å². The van der Waals surface area contributed by atoms with Crippen LogP contribution in [0.4, 0.5) is 0 Å². The van der Waals surface area contributed by atoms with Gasteiger partial charge in [-0.2, -0.15) is 0 Å². The molecule has 0 saturated carbocycles. The Kier molecular flexibility index (Phi) is 7.53. The van der Waals surface area contributed by atoms with Crippen LogP contribution in [0.2, 0.25) is 0 Å². The molecule has 0 saturated heterocycles. The van der Waals surface area contributed by atoms with Crippen molar-refractivity contribution in [3.8, 4) is 33.9 Å². The van der Waals surface area contributed by atoms with Crippen LogP contribution in [0.5, 0.6) is 0 Å². The van der Waals surface area contributed by atoms with Gasteiger partial charge in [0.2, 0.25) is 0 Å². The van der Waals surface area contributed by atoms with Crippen molar-refractivity contribution in [1.82, 2.24) is 24.1 Å². The van der Waals surface area contributed by atoms with E-state index in [-0.39, 0.29) is 26.5 Å². The van der Waals surface area contributed by atoms with Crippen molar-refractivity contribution in [2.75, 3.05) is 0 Å². The zero-order chi connectivity index (χ0) is 34.3. The maximum atomic E-state index is 5.50. The molecular formula is C46H33N5Pt.